The third-order valence-electron chi connectivity index (χ3n) is 5.69. The van der Waals surface area contributed by atoms with E-state index < -0.39 is 0 Å². The average Bonchev–Trinajstić information content (AvgIpc) is 3.22. The first-order chi connectivity index (χ1) is 13.9. The van der Waals surface area contributed by atoms with Crippen LogP contribution in [0.4, 0.5) is 5.69 Å². The molecule has 0 bridgehead atoms. The number of thiazole rings is 1. The van der Waals surface area contributed by atoms with E-state index in [1.807, 2.05) is 24.3 Å². The molecule has 144 valence electrons. The molecule has 5 rings (SSSR count). The Bertz CT molecular complexity index is 1260. The van der Waals surface area contributed by atoms with E-state index in [4.69, 9.17) is 9.97 Å². The lowest BCUT2D eigenvalue weighted by Gasteiger charge is -2.23. The van der Waals surface area contributed by atoms with Gasteiger partial charge in [-0.15, -0.1) is 0 Å². The van der Waals surface area contributed by atoms with E-state index in [0.29, 0.717) is 0 Å². The molecule has 0 amide bonds. The molecule has 5 heteroatoms. The van der Waals surface area contributed by atoms with Gasteiger partial charge in [0.1, 0.15) is 5.01 Å². The fraction of sp³-hybridized carbons (Fsp3) is 0.208. The summed E-state index contributed by atoms with van der Waals surface area (Å²) in [6.07, 6.45) is 4.38. The molecule has 0 spiro atoms. The summed E-state index contributed by atoms with van der Waals surface area (Å²) in [5, 5.41) is 0.961. The maximum atomic E-state index is 4.74. The molecule has 0 saturated carbocycles. The van der Waals surface area contributed by atoms with Crippen LogP contribution in [-0.4, -0.2) is 22.0 Å². The third kappa shape index (κ3) is 2.85. The van der Waals surface area contributed by atoms with Gasteiger partial charge >= 0.3 is 0 Å². The van der Waals surface area contributed by atoms with E-state index in [0.717, 1.165) is 32.1 Å². The van der Waals surface area contributed by atoms with Crippen molar-refractivity contribution in [3.05, 3.63) is 77.0 Å². The number of hydrogen-bond donors (Lipinski definition) is 0. The number of anilines is 1. The van der Waals surface area contributed by atoms with Gasteiger partial charge in [0.2, 0.25) is 0 Å². The van der Waals surface area contributed by atoms with E-state index in [2.05, 4.69) is 74.1 Å². The Labute approximate surface area is 174 Å². The number of fused-ring (bicyclic) bond motifs is 3. The maximum absolute atomic E-state index is 4.74. The number of nitrogens with zero attached hydrogens (tertiary/aromatic N) is 4. The Morgan fingerprint density at radius 1 is 0.966 bits per heavy atom. The van der Waals surface area contributed by atoms with Crippen molar-refractivity contribution in [2.45, 2.75) is 26.2 Å². The second-order valence-corrected chi connectivity index (χ2v) is 8.94. The summed E-state index contributed by atoms with van der Waals surface area (Å²) in [4.78, 5) is 17.3. The first kappa shape index (κ1) is 18.0. The minimum atomic E-state index is -0.0312. The van der Waals surface area contributed by atoms with Gasteiger partial charge in [-0.25, -0.2) is 15.0 Å². The first-order valence-corrected chi connectivity index (χ1v) is 10.5. The van der Waals surface area contributed by atoms with E-state index in [1.165, 1.54) is 16.9 Å². The maximum Gasteiger partial charge on any atom is 0.190 e. The molecule has 2 aromatic carbocycles. The Balaban J connectivity index is 1.54. The van der Waals surface area contributed by atoms with Crippen LogP contribution in [0.2, 0.25) is 0 Å². The fourth-order valence-electron chi connectivity index (χ4n) is 4.07. The highest BCUT2D eigenvalue weighted by Gasteiger charge is 2.37. The van der Waals surface area contributed by atoms with Crippen molar-refractivity contribution in [1.82, 2.24) is 15.0 Å². The standard InChI is InChI=1S/C24H22N4S/c1-15(13-14-20-24(2,3)16-9-5-8-12-19(16)28(20)4)22-27-21-23(29-22)26-18-11-7-6-10-17(18)25-21/h5-14H,1-4H3/b15-13+,20-14+. The molecule has 0 fully saturated rings. The summed E-state index contributed by atoms with van der Waals surface area (Å²) in [5.41, 5.74) is 7.51. The molecule has 0 saturated heterocycles. The van der Waals surface area contributed by atoms with Crippen molar-refractivity contribution in [3.63, 3.8) is 0 Å². The molecule has 0 radical (unpaired) electrons. The highest BCUT2D eigenvalue weighted by molar-refractivity contribution is 7.19. The van der Waals surface area contributed by atoms with Crippen LogP contribution in [0.1, 0.15) is 31.3 Å². The molecule has 0 aliphatic carbocycles. The molecule has 3 heterocycles. The van der Waals surface area contributed by atoms with Gasteiger partial charge in [-0.1, -0.05) is 61.6 Å². The van der Waals surface area contributed by atoms with Crippen molar-refractivity contribution in [1.29, 1.82) is 0 Å². The van der Waals surface area contributed by atoms with E-state index in [9.17, 15) is 0 Å². The molecule has 1 aliphatic heterocycles. The summed E-state index contributed by atoms with van der Waals surface area (Å²) >= 11 is 1.59. The van der Waals surface area contributed by atoms with Gasteiger partial charge in [0.15, 0.2) is 10.5 Å². The summed E-state index contributed by atoms with van der Waals surface area (Å²) in [6, 6.07) is 16.5. The van der Waals surface area contributed by atoms with Crippen LogP contribution < -0.4 is 4.90 Å². The van der Waals surface area contributed by atoms with E-state index in [-0.39, 0.29) is 5.41 Å². The van der Waals surface area contributed by atoms with Gasteiger partial charge < -0.3 is 4.90 Å². The molecule has 4 nitrogen and oxygen atoms in total. The molecule has 0 N–H and O–H groups in total. The monoisotopic (exact) mass is 398 g/mol. The summed E-state index contributed by atoms with van der Waals surface area (Å²) < 4.78 is 0. The minimum absolute atomic E-state index is 0.0312. The lowest BCUT2D eigenvalue weighted by molar-refractivity contribution is 0.640. The normalized spacial score (nSPS) is 17.4. The van der Waals surface area contributed by atoms with Crippen LogP contribution in [0, 0.1) is 0 Å². The molecule has 0 unspecified atom stereocenters. The van der Waals surface area contributed by atoms with E-state index >= 15 is 0 Å². The topological polar surface area (TPSA) is 41.9 Å². The Hall–Kier alpha value is -3.05. The molecule has 1 aliphatic rings. The number of para-hydroxylation sites is 3. The van der Waals surface area contributed by atoms with Crippen LogP contribution in [0.25, 0.3) is 27.1 Å². The number of hydrogen-bond acceptors (Lipinski definition) is 5. The Kier molecular flexibility index (Phi) is 4.03. The first-order valence-electron chi connectivity index (χ1n) is 9.71. The number of benzene rings is 2. The molecule has 2 aromatic heterocycles. The zero-order valence-electron chi connectivity index (χ0n) is 17.0. The van der Waals surface area contributed by atoms with Gasteiger partial charge in [-0.3, -0.25) is 0 Å². The predicted molar refractivity (Wildman–Crippen MR) is 122 cm³/mol. The van der Waals surface area contributed by atoms with Crippen molar-refractivity contribution in [2.75, 3.05) is 11.9 Å². The lowest BCUT2D eigenvalue weighted by atomic mass is 9.83. The summed E-state index contributed by atoms with van der Waals surface area (Å²) in [7, 11) is 2.14. The molecular weight excluding hydrogens is 376 g/mol. The second kappa shape index (κ2) is 6.49. The van der Waals surface area contributed by atoms with Gasteiger partial charge in [0, 0.05) is 23.8 Å². The average molecular weight is 399 g/mol. The number of likely N-dealkylation sites (N-methyl/N-ethyl adjacent to an activating group) is 1. The molecular formula is C24H22N4S. The van der Waals surface area contributed by atoms with Crippen LogP contribution in [-0.2, 0) is 5.41 Å². The van der Waals surface area contributed by atoms with E-state index in [1.54, 1.807) is 11.3 Å². The molecule has 4 aromatic rings. The summed E-state index contributed by atoms with van der Waals surface area (Å²) in [5.74, 6) is 0. The predicted octanol–water partition coefficient (Wildman–Crippen LogP) is 5.95. The summed E-state index contributed by atoms with van der Waals surface area (Å²) in [6.45, 7) is 6.66. The smallest absolute Gasteiger partial charge is 0.190 e. The van der Waals surface area contributed by atoms with Crippen LogP contribution in [0.15, 0.2) is 66.4 Å². The van der Waals surface area contributed by atoms with Gasteiger partial charge in [-0.05, 0) is 42.3 Å². The SMILES string of the molecule is C/C(=C\C=C1\N(C)c2ccccc2C1(C)C)c1nc2nc3ccccc3nc2s1. The Morgan fingerprint density at radius 2 is 1.66 bits per heavy atom. The number of rotatable bonds is 2. The fourth-order valence-corrected chi connectivity index (χ4v) is 4.94. The van der Waals surface area contributed by atoms with Crippen molar-refractivity contribution < 1.29 is 0 Å². The zero-order chi connectivity index (χ0) is 20.2. The quantitative estimate of drug-likeness (QED) is 0.418. The molecule has 0 atom stereocenters. The highest BCUT2D eigenvalue weighted by atomic mass is 32.1. The molecule has 29 heavy (non-hydrogen) atoms. The van der Waals surface area contributed by atoms with Gasteiger partial charge in [0.25, 0.3) is 0 Å². The zero-order valence-corrected chi connectivity index (χ0v) is 17.8. The second-order valence-electron chi connectivity index (χ2n) is 7.96. The Morgan fingerprint density at radius 3 is 2.41 bits per heavy atom. The van der Waals surface area contributed by atoms with Gasteiger partial charge in [0.05, 0.1) is 11.0 Å². The van der Waals surface area contributed by atoms with Crippen LogP contribution >= 0.6 is 11.3 Å². The largest absolute Gasteiger partial charge is 0.347 e. The lowest BCUT2D eigenvalue weighted by Crippen LogP contribution is -2.22. The third-order valence-corrected chi connectivity index (χ3v) is 6.76. The van der Waals surface area contributed by atoms with Crippen molar-refractivity contribution in [2.24, 2.45) is 0 Å². The van der Waals surface area contributed by atoms with Crippen molar-refractivity contribution in [3.8, 4) is 0 Å². The number of allylic oxidation sites excluding steroid dienone is 4. The van der Waals surface area contributed by atoms with Crippen LogP contribution in [0.5, 0.6) is 0 Å². The minimum Gasteiger partial charge on any atom is -0.347 e. The number of aromatic nitrogens is 3. The van der Waals surface area contributed by atoms with Crippen molar-refractivity contribution >= 4 is 44.1 Å². The highest BCUT2D eigenvalue weighted by Crippen LogP contribution is 2.46. The van der Waals surface area contributed by atoms with Gasteiger partial charge in [-0.2, -0.15) is 0 Å². The van der Waals surface area contributed by atoms with Crippen LogP contribution in [0.3, 0.4) is 0 Å².